The molecule has 0 saturated heterocycles. The fourth-order valence-electron chi connectivity index (χ4n) is 2.14. The summed E-state index contributed by atoms with van der Waals surface area (Å²) in [5.74, 6) is 0.477. The van der Waals surface area contributed by atoms with Gasteiger partial charge in [-0.2, -0.15) is 0 Å². The van der Waals surface area contributed by atoms with Crippen molar-refractivity contribution < 1.29 is 4.79 Å². The van der Waals surface area contributed by atoms with Crippen molar-refractivity contribution in [3.05, 3.63) is 40.9 Å². The van der Waals surface area contributed by atoms with Gasteiger partial charge in [-0.1, -0.05) is 54.0 Å². The Hall–Kier alpha value is -1.55. The molecule has 2 aromatic rings. The van der Waals surface area contributed by atoms with Gasteiger partial charge < -0.3 is 10.6 Å². The highest BCUT2D eigenvalue weighted by atomic mass is 79.9. The molecule has 1 unspecified atom stereocenters. The molecule has 0 radical (unpaired) electrons. The van der Waals surface area contributed by atoms with Gasteiger partial charge in [-0.05, 0) is 30.4 Å². The number of hydrogen-bond acceptors (Lipinski definition) is 2. The van der Waals surface area contributed by atoms with Gasteiger partial charge in [0.1, 0.15) is 6.04 Å². The number of carbonyl (C=O) groups is 1. The molecule has 0 aliphatic rings. The highest BCUT2D eigenvalue weighted by Crippen LogP contribution is 2.30. The largest absolute Gasteiger partial charge is 0.373 e. The minimum atomic E-state index is -0.270. The molecule has 112 valence electrons. The van der Waals surface area contributed by atoms with Crippen LogP contribution in [0.5, 0.6) is 0 Å². The van der Waals surface area contributed by atoms with E-state index in [2.05, 4.69) is 52.5 Å². The summed E-state index contributed by atoms with van der Waals surface area (Å²) in [6.45, 7) is 6.75. The molecular weight excluding hydrogens is 328 g/mol. The van der Waals surface area contributed by atoms with Crippen LogP contribution in [0.1, 0.15) is 20.8 Å². The highest BCUT2D eigenvalue weighted by Gasteiger charge is 2.14. The van der Waals surface area contributed by atoms with Gasteiger partial charge >= 0.3 is 0 Å². The van der Waals surface area contributed by atoms with E-state index in [1.807, 2.05) is 31.2 Å². The maximum absolute atomic E-state index is 12.1. The van der Waals surface area contributed by atoms with E-state index in [9.17, 15) is 4.79 Å². The first-order valence-electron chi connectivity index (χ1n) is 7.20. The van der Waals surface area contributed by atoms with E-state index in [-0.39, 0.29) is 11.9 Å². The van der Waals surface area contributed by atoms with Crippen LogP contribution >= 0.6 is 15.9 Å². The second-order valence-corrected chi connectivity index (χ2v) is 6.50. The molecule has 4 heteroatoms. The fourth-order valence-corrected chi connectivity index (χ4v) is 2.62. The van der Waals surface area contributed by atoms with E-state index in [0.717, 1.165) is 20.9 Å². The number of hydrogen-bond donors (Lipinski definition) is 2. The third-order valence-corrected chi connectivity index (χ3v) is 4.01. The predicted molar refractivity (Wildman–Crippen MR) is 92.6 cm³/mol. The SMILES string of the molecule is CC(C)CNC(=O)C(C)Nc1ccc(Br)c2ccccc12. The van der Waals surface area contributed by atoms with E-state index in [4.69, 9.17) is 0 Å². The Balaban J connectivity index is 2.16. The van der Waals surface area contributed by atoms with Crippen molar-refractivity contribution >= 4 is 38.3 Å². The highest BCUT2D eigenvalue weighted by molar-refractivity contribution is 9.10. The van der Waals surface area contributed by atoms with Crippen molar-refractivity contribution in [1.29, 1.82) is 0 Å². The number of fused-ring (bicyclic) bond motifs is 1. The van der Waals surface area contributed by atoms with Crippen molar-refractivity contribution in [2.24, 2.45) is 5.92 Å². The summed E-state index contributed by atoms with van der Waals surface area (Å²) < 4.78 is 1.06. The molecule has 1 atom stereocenters. The van der Waals surface area contributed by atoms with E-state index in [0.29, 0.717) is 12.5 Å². The summed E-state index contributed by atoms with van der Waals surface area (Å²) in [5.41, 5.74) is 0.973. The summed E-state index contributed by atoms with van der Waals surface area (Å²) in [6, 6.07) is 11.9. The summed E-state index contributed by atoms with van der Waals surface area (Å²) in [7, 11) is 0. The maximum atomic E-state index is 12.1. The van der Waals surface area contributed by atoms with Crippen LogP contribution in [0.3, 0.4) is 0 Å². The third kappa shape index (κ3) is 3.97. The second kappa shape index (κ2) is 6.94. The number of rotatable bonds is 5. The summed E-state index contributed by atoms with van der Waals surface area (Å²) in [5, 5.41) is 8.50. The van der Waals surface area contributed by atoms with E-state index in [1.165, 1.54) is 0 Å². The van der Waals surface area contributed by atoms with E-state index < -0.39 is 0 Å². The summed E-state index contributed by atoms with van der Waals surface area (Å²) >= 11 is 3.56. The molecular formula is C17H21BrN2O. The summed E-state index contributed by atoms with van der Waals surface area (Å²) in [6.07, 6.45) is 0. The molecule has 2 N–H and O–H groups in total. The molecule has 21 heavy (non-hydrogen) atoms. The Labute approximate surface area is 134 Å². The van der Waals surface area contributed by atoms with Crippen molar-refractivity contribution in [1.82, 2.24) is 5.32 Å². The fraction of sp³-hybridized carbons (Fsp3) is 0.353. The smallest absolute Gasteiger partial charge is 0.242 e. The van der Waals surface area contributed by atoms with Crippen LogP contribution in [0, 0.1) is 5.92 Å². The van der Waals surface area contributed by atoms with Gasteiger partial charge in [0.25, 0.3) is 0 Å². The van der Waals surface area contributed by atoms with Crippen molar-refractivity contribution in [2.45, 2.75) is 26.8 Å². The molecule has 2 aromatic carbocycles. The first-order chi connectivity index (χ1) is 9.99. The Kier molecular flexibility index (Phi) is 5.23. The van der Waals surface area contributed by atoms with Gasteiger partial charge in [0.15, 0.2) is 0 Å². The molecule has 0 aromatic heterocycles. The van der Waals surface area contributed by atoms with Crippen LogP contribution in [0.25, 0.3) is 10.8 Å². The number of anilines is 1. The van der Waals surface area contributed by atoms with Crippen molar-refractivity contribution in [3.63, 3.8) is 0 Å². The first-order valence-corrected chi connectivity index (χ1v) is 8.00. The average molecular weight is 349 g/mol. The van der Waals surface area contributed by atoms with E-state index >= 15 is 0 Å². The lowest BCUT2D eigenvalue weighted by atomic mass is 10.1. The number of amides is 1. The molecule has 2 rings (SSSR count). The molecule has 3 nitrogen and oxygen atoms in total. The Morgan fingerprint density at radius 1 is 1.10 bits per heavy atom. The van der Waals surface area contributed by atoms with Crippen LogP contribution in [-0.2, 0) is 4.79 Å². The monoisotopic (exact) mass is 348 g/mol. The zero-order valence-corrected chi connectivity index (χ0v) is 14.2. The predicted octanol–water partition coefficient (Wildman–Crippen LogP) is 4.17. The second-order valence-electron chi connectivity index (χ2n) is 5.65. The minimum Gasteiger partial charge on any atom is -0.373 e. The normalized spacial score (nSPS) is 12.4. The van der Waals surface area contributed by atoms with Crippen LogP contribution < -0.4 is 10.6 Å². The van der Waals surface area contributed by atoms with Gasteiger partial charge in [0.05, 0.1) is 0 Å². The third-order valence-electron chi connectivity index (χ3n) is 3.32. The zero-order chi connectivity index (χ0) is 15.4. The van der Waals surface area contributed by atoms with Crippen molar-refractivity contribution in [2.75, 3.05) is 11.9 Å². The van der Waals surface area contributed by atoms with Gasteiger partial charge in [-0.15, -0.1) is 0 Å². The lowest BCUT2D eigenvalue weighted by Gasteiger charge is -2.18. The molecule has 0 aliphatic heterocycles. The van der Waals surface area contributed by atoms with Gasteiger partial charge in [-0.25, -0.2) is 0 Å². The quantitative estimate of drug-likeness (QED) is 0.850. The van der Waals surface area contributed by atoms with Crippen molar-refractivity contribution in [3.8, 4) is 0 Å². The van der Waals surface area contributed by atoms with Gasteiger partial charge in [-0.3, -0.25) is 4.79 Å². The Bertz CT molecular complexity index is 640. The first kappa shape index (κ1) is 15.8. The lowest BCUT2D eigenvalue weighted by molar-refractivity contribution is -0.121. The van der Waals surface area contributed by atoms with Crippen LogP contribution in [0.2, 0.25) is 0 Å². The van der Waals surface area contributed by atoms with Crippen LogP contribution in [0.15, 0.2) is 40.9 Å². The zero-order valence-electron chi connectivity index (χ0n) is 12.6. The maximum Gasteiger partial charge on any atom is 0.242 e. The number of benzene rings is 2. The van der Waals surface area contributed by atoms with E-state index in [1.54, 1.807) is 0 Å². The molecule has 0 aliphatic carbocycles. The minimum absolute atomic E-state index is 0.0238. The number of halogens is 1. The number of carbonyl (C=O) groups excluding carboxylic acids is 1. The number of nitrogens with one attached hydrogen (secondary N) is 2. The Morgan fingerprint density at radius 3 is 2.43 bits per heavy atom. The molecule has 0 bridgehead atoms. The molecule has 0 heterocycles. The standard InChI is InChI=1S/C17H21BrN2O/c1-11(2)10-19-17(21)12(3)20-16-9-8-15(18)13-6-4-5-7-14(13)16/h4-9,11-12,20H,10H2,1-3H3,(H,19,21). The van der Waals surface area contributed by atoms with Crippen LogP contribution in [0.4, 0.5) is 5.69 Å². The Morgan fingerprint density at radius 2 is 1.76 bits per heavy atom. The molecule has 0 fully saturated rings. The molecule has 0 spiro atoms. The molecule has 0 saturated carbocycles. The lowest BCUT2D eigenvalue weighted by Crippen LogP contribution is -2.39. The topological polar surface area (TPSA) is 41.1 Å². The van der Waals surface area contributed by atoms with Gasteiger partial charge in [0.2, 0.25) is 5.91 Å². The summed E-state index contributed by atoms with van der Waals surface area (Å²) in [4.78, 5) is 12.1. The molecule has 1 amide bonds. The van der Waals surface area contributed by atoms with Gasteiger partial charge in [0, 0.05) is 22.1 Å². The average Bonchev–Trinajstić information content (AvgIpc) is 2.47. The van der Waals surface area contributed by atoms with Crippen LogP contribution in [-0.4, -0.2) is 18.5 Å².